The molecule has 1 saturated heterocycles. The summed E-state index contributed by atoms with van der Waals surface area (Å²) in [6.07, 6.45) is 1.42. The molecule has 2 aromatic rings. The smallest absolute Gasteiger partial charge is 0.293 e. The van der Waals surface area contributed by atoms with E-state index in [-0.39, 0.29) is 28.0 Å². The SMILES string of the molecule is COc1cc(Br)cc(/C=C2\SC(=O)N(Cc3ccc(F)cc3Cl)C2=O)c1O. The normalized spacial score (nSPS) is 15.7. The lowest BCUT2D eigenvalue weighted by molar-refractivity contribution is -0.123. The first-order valence-electron chi connectivity index (χ1n) is 7.56. The summed E-state index contributed by atoms with van der Waals surface area (Å²) in [6.45, 7) is -0.0745. The van der Waals surface area contributed by atoms with Gasteiger partial charge >= 0.3 is 0 Å². The van der Waals surface area contributed by atoms with Crippen molar-refractivity contribution in [3.05, 3.63) is 61.7 Å². The van der Waals surface area contributed by atoms with E-state index in [9.17, 15) is 19.1 Å². The summed E-state index contributed by atoms with van der Waals surface area (Å²) in [5.41, 5.74) is 0.778. The third kappa shape index (κ3) is 4.12. The first kappa shape index (κ1) is 19.7. The number of aromatic hydroxyl groups is 1. The molecule has 140 valence electrons. The van der Waals surface area contributed by atoms with E-state index >= 15 is 0 Å². The van der Waals surface area contributed by atoms with Crippen LogP contribution in [0, 0.1) is 5.82 Å². The van der Waals surface area contributed by atoms with E-state index in [1.165, 1.54) is 25.3 Å². The number of nitrogens with zero attached hydrogens (tertiary/aromatic N) is 1. The van der Waals surface area contributed by atoms with Gasteiger partial charge in [0.05, 0.1) is 18.6 Å². The molecule has 1 aliphatic rings. The Kier molecular flexibility index (Phi) is 5.78. The zero-order valence-electron chi connectivity index (χ0n) is 13.8. The monoisotopic (exact) mass is 471 g/mol. The van der Waals surface area contributed by atoms with Crippen LogP contribution in [0.1, 0.15) is 11.1 Å². The molecule has 0 aromatic heterocycles. The quantitative estimate of drug-likeness (QED) is 0.620. The van der Waals surface area contributed by atoms with Crippen LogP contribution >= 0.6 is 39.3 Å². The zero-order valence-corrected chi connectivity index (χ0v) is 17.0. The fraction of sp³-hybridized carbons (Fsp3) is 0.111. The van der Waals surface area contributed by atoms with Crippen molar-refractivity contribution in [2.45, 2.75) is 6.54 Å². The number of amides is 2. The van der Waals surface area contributed by atoms with Crippen LogP contribution in [0.4, 0.5) is 9.18 Å². The molecule has 1 N–H and O–H groups in total. The molecule has 0 spiro atoms. The number of hydrogen-bond donors (Lipinski definition) is 1. The van der Waals surface area contributed by atoms with Crippen LogP contribution in [-0.4, -0.2) is 28.3 Å². The Morgan fingerprint density at radius 3 is 2.74 bits per heavy atom. The Morgan fingerprint density at radius 2 is 2.07 bits per heavy atom. The lowest BCUT2D eigenvalue weighted by Crippen LogP contribution is -2.27. The molecule has 2 amide bonds. The topological polar surface area (TPSA) is 66.8 Å². The van der Waals surface area contributed by atoms with Crippen molar-refractivity contribution in [3.63, 3.8) is 0 Å². The van der Waals surface area contributed by atoms with Gasteiger partial charge in [0.25, 0.3) is 11.1 Å². The number of thioether (sulfide) groups is 1. The second-order valence-corrected chi connectivity index (χ2v) is 7.87. The summed E-state index contributed by atoms with van der Waals surface area (Å²) in [7, 11) is 1.41. The highest BCUT2D eigenvalue weighted by Crippen LogP contribution is 2.39. The first-order valence-corrected chi connectivity index (χ1v) is 9.54. The van der Waals surface area contributed by atoms with Gasteiger partial charge in [-0.1, -0.05) is 33.6 Å². The molecule has 9 heteroatoms. The summed E-state index contributed by atoms with van der Waals surface area (Å²) in [5.74, 6) is -0.942. The number of phenols is 1. The van der Waals surface area contributed by atoms with Gasteiger partial charge in [-0.05, 0) is 47.7 Å². The molecule has 0 atom stereocenters. The van der Waals surface area contributed by atoms with E-state index in [1.807, 2.05) is 0 Å². The minimum absolute atomic E-state index is 0.0745. The summed E-state index contributed by atoms with van der Waals surface area (Å²) < 4.78 is 18.9. The highest BCUT2D eigenvalue weighted by molar-refractivity contribution is 9.10. The van der Waals surface area contributed by atoms with Crippen LogP contribution in [-0.2, 0) is 11.3 Å². The van der Waals surface area contributed by atoms with Crippen molar-refractivity contribution in [3.8, 4) is 11.5 Å². The molecule has 3 rings (SSSR count). The van der Waals surface area contributed by atoms with Gasteiger partial charge in [0.2, 0.25) is 0 Å². The molecular weight excluding hydrogens is 461 g/mol. The predicted octanol–water partition coefficient (Wildman–Crippen LogP) is 5.19. The van der Waals surface area contributed by atoms with Crippen molar-refractivity contribution in [2.75, 3.05) is 7.11 Å². The molecule has 0 saturated carbocycles. The van der Waals surface area contributed by atoms with Crippen molar-refractivity contribution in [2.24, 2.45) is 0 Å². The average Bonchev–Trinajstić information content (AvgIpc) is 2.87. The maximum Gasteiger partial charge on any atom is 0.293 e. The number of halogens is 3. The molecule has 1 aliphatic heterocycles. The van der Waals surface area contributed by atoms with Crippen LogP contribution in [0.5, 0.6) is 11.5 Å². The van der Waals surface area contributed by atoms with Gasteiger partial charge in [-0.2, -0.15) is 0 Å². The second kappa shape index (κ2) is 7.92. The van der Waals surface area contributed by atoms with Crippen LogP contribution in [0.25, 0.3) is 6.08 Å². The Labute approximate surface area is 171 Å². The Balaban J connectivity index is 1.90. The third-order valence-corrected chi connectivity index (χ3v) is 5.51. The number of rotatable bonds is 4. The van der Waals surface area contributed by atoms with Crippen molar-refractivity contribution >= 4 is 56.5 Å². The van der Waals surface area contributed by atoms with Crippen LogP contribution in [0.15, 0.2) is 39.7 Å². The number of ether oxygens (including phenoxy) is 1. The lowest BCUT2D eigenvalue weighted by Gasteiger charge is -2.13. The van der Waals surface area contributed by atoms with Crippen molar-refractivity contribution < 1.29 is 23.8 Å². The Morgan fingerprint density at radius 1 is 1.33 bits per heavy atom. The molecule has 1 heterocycles. The van der Waals surface area contributed by atoms with E-state index in [1.54, 1.807) is 12.1 Å². The standard InChI is InChI=1S/C18H12BrClFNO4S/c1-26-14-6-11(19)4-10(16(14)23)5-15-17(24)22(18(25)27-15)8-9-2-3-12(21)7-13(9)20/h2-7,23H,8H2,1H3/b15-5-. The van der Waals surface area contributed by atoms with Gasteiger partial charge in [-0.3, -0.25) is 14.5 Å². The summed E-state index contributed by atoms with van der Waals surface area (Å²) in [5, 5.41) is 9.88. The van der Waals surface area contributed by atoms with E-state index < -0.39 is 17.0 Å². The maximum atomic E-state index is 13.2. The van der Waals surface area contributed by atoms with Crippen LogP contribution < -0.4 is 4.74 Å². The second-order valence-electron chi connectivity index (χ2n) is 5.55. The molecule has 2 aromatic carbocycles. The van der Waals surface area contributed by atoms with Gasteiger partial charge in [0.1, 0.15) is 5.82 Å². The van der Waals surface area contributed by atoms with E-state index in [4.69, 9.17) is 16.3 Å². The van der Waals surface area contributed by atoms with E-state index in [2.05, 4.69) is 15.9 Å². The Hall–Kier alpha value is -2.03. The first-order chi connectivity index (χ1) is 12.8. The number of carbonyl (C=O) groups is 2. The molecule has 0 bridgehead atoms. The molecule has 0 radical (unpaired) electrons. The molecule has 5 nitrogen and oxygen atoms in total. The fourth-order valence-electron chi connectivity index (χ4n) is 2.46. The minimum Gasteiger partial charge on any atom is -0.504 e. The summed E-state index contributed by atoms with van der Waals surface area (Å²) in [4.78, 5) is 26.0. The predicted molar refractivity (Wildman–Crippen MR) is 105 cm³/mol. The van der Waals surface area contributed by atoms with E-state index in [0.29, 0.717) is 15.6 Å². The van der Waals surface area contributed by atoms with Crippen molar-refractivity contribution in [1.29, 1.82) is 0 Å². The van der Waals surface area contributed by atoms with Gasteiger partial charge in [-0.25, -0.2) is 4.39 Å². The van der Waals surface area contributed by atoms with Gasteiger partial charge in [-0.15, -0.1) is 0 Å². The molecule has 27 heavy (non-hydrogen) atoms. The van der Waals surface area contributed by atoms with Crippen molar-refractivity contribution in [1.82, 2.24) is 4.90 Å². The van der Waals surface area contributed by atoms with Crippen LogP contribution in [0.2, 0.25) is 5.02 Å². The van der Waals surface area contributed by atoms with Gasteiger partial charge in [0.15, 0.2) is 11.5 Å². The molecule has 0 aliphatic carbocycles. The summed E-state index contributed by atoms with van der Waals surface area (Å²) >= 11 is 10.0. The zero-order chi connectivity index (χ0) is 19.7. The number of imide groups is 1. The molecular formula is C18H12BrClFNO4S. The maximum absolute atomic E-state index is 13.2. The number of phenolic OH excluding ortho intramolecular Hbond substituents is 1. The average molecular weight is 473 g/mol. The fourth-order valence-corrected chi connectivity index (χ4v) is 3.97. The number of hydrogen-bond acceptors (Lipinski definition) is 5. The largest absolute Gasteiger partial charge is 0.504 e. The van der Waals surface area contributed by atoms with Gasteiger partial charge < -0.3 is 9.84 Å². The molecule has 1 fully saturated rings. The minimum atomic E-state index is -0.524. The highest BCUT2D eigenvalue weighted by atomic mass is 79.9. The number of benzene rings is 2. The van der Waals surface area contributed by atoms with Crippen LogP contribution in [0.3, 0.4) is 0 Å². The lowest BCUT2D eigenvalue weighted by atomic mass is 10.1. The highest BCUT2D eigenvalue weighted by Gasteiger charge is 2.35. The number of methoxy groups -OCH3 is 1. The number of carbonyl (C=O) groups excluding carboxylic acids is 2. The summed E-state index contributed by atoms with van der Waals surface area (Å²) in [6, 6.07) is 6.94. The molecule has 0 unspecified atom stereocenters. The van der Waals surface area contributed by atoms with Gasteiger partial charge in [0, 0.05) is 15.1 Å². The Bertz CT molecular complexity index is 982. The third-order valence-electron chi connectivity index (χ3n) is 3.79. The van der Waals surface area contributed by atoms with E-state index in [0.717, 1.165) is 22.7 Å².